The molecule has 0 aliphatic carbocycles. The summed E-state index contributed by atoms with van der Waals surface area (Å²) >= 11 is 0. The highest BCUT2D eigenvalue weighted by Gasteiger charge is 2.30. The maximum Gasteiger partial charge on any atom is 0.347 e. The standard InChI is InChI=1S/C11H14O7/c1-7(5-15-2)10(13)17-6-9(12)18-8-3-4-16-11(8)14/h8H,1,3-6H2,2H3. The lowest BCUT2D eigenvalue weighted by atomic mass is 10.3. The Balaban J connectivity index is 2.26. The third kappa shape index (κ3) is 4.17. The molecule has 1 saturated heterocycles. The molecule has 0 N–H and O–H groups in total. The zero-order chi connectivity index (χ0) is 13.5. The van der Waals surface area contributed by atoms with Gasteiger partial charge in [-0.05, 0) is 0 Å². The number of methoxy groups -OCH3 is 1. The summed E-state index contributed by atoms with van der Waals surface area (Å²) in [4.78, 5) is 33.5. The molecule has 1 aliphatic heterocycles. The average molecular weight is 258 g/mol. The van der Waals surface area contributed by atoms with E-state index in [9.17, 15) is 14.4 Å². The Hall–Kier alpha value is -1.89. The fraction of sp³-hybridized carbons (Fsp3) is 0.545. The van der Waals surface area contributed by atoms with E-state index in [0.717, 1.165) is 0 Å². The summed E-state index contributed by atoms with van der Waals surface area (Å²) in [5.74, 6) is -2.14. The van der Waals surface area contributed by atoms with E-state index in [1.165, 1.54) is 7.11 Å². The van der Waals surface area contributed by atoms with Crippen LogP contribution in [0.15, 0.2) is 12.2 Å². The molecule has 0 spiro atoms. The van der Waals surface area contributed by atoms with Crippen LogP contribution in [0.2, 0.25) is 0 Å². The summed E-state index contributed by atoms with van der Waals surface area (Å²) in [7, 11) is 1.40. The van der Waals surface area contributed by atoms with E-state index >= 15 is 0 Å². The second-order valence-corrected chi connectivity index (χ2v) is 3.55. The third-order valence-electron chi connectivity index (χ3n) is 2.09. The van der Waals surface area contributed by atoms with Crippen molar-refractivity contribution in [3.63, 3.8) is 0 Å². The first-order valence-corrected chi connectivity index (χ1v) is 5.24. The molecule has 1 aliphatic rings. The van der Waals surface area contributed by atoms with Crippen molar-refractivity contribution in [2.45, 2.75) is 12.5 Å². The molecule has 1 rings (SSSR count). The van der Waals surface area contributed by atoms with Crippen molar-refractivity contribution in [3.05, 3.63) is 12.2 Å². The molecule has 0 aromatic rings. The van der Waals surface area contributed by atoms with Crippen LogP contribution < -0.4 is 0 Å². The van der Waals surface area contributed by atoms with Gasteiger partial charge < -0.3 is 18.9 Å². The molecule has 18 heavy (non-hydrogen) atoms. The quantitative estimate of drug-likeness (QED) is 0.363. The van der Waals surface area contributed by atoms with Crippen LogP contribution in [-0.4, -0.2) is 50.9 Å². The largest absolute Gasteiger partial charge is 0.463 e. The normalized spacial score (nSPS) is 18.1. The van der Waals surface area contributed by atoms with Gasteiger partial charge in [-0.2, -0.15) is 0 Å². The van der Waals surface area contributed by atoms with E-state index in [4.69, 9.17) is 4.74 Å². The molecule has 1 unspecified atom stereocenters. The summed E-state index contributed by atoms with van der Waals surface area (Å²) in [6, 6.07) is 0. The molecule has 0 saturated carbocycles. The number of hydrogen-bond acceptors (Lipinski definition) is 7. The topological polar surface area (TPSA) is 88.1 Å². The van der Waals surface area contributed by atoms with Gasteiger partial charge in [-0.25, -0.2) is 14.4 Å². The molecule has 0 amide bonds. The van der Waals surface area contributed by atoms with Gasteiger partial charge >= 0.3 is 17.9 Å². The van der Waals surface area contributed by atoms with Crippen LogP contribution in [-0.2, 0) is 33.3 Å². The SMILES string of the molecule is C=C(COC)C(=O)OCC(=O)OC1CCOC1=O. The minimum absolute atomic E-state index is 0.0167. The van der Waals surface area contributed by atoms with E-state index in [0.29, 0.717) is 6.42 Å². The Bertz CT molecular complexity index is 360. The van der Waals surface area contributed by atoms with Gasteiger partial charge in [0.15, 0.2) is 6.61 Å². The zero-order valence-corrected chi connectivity index (χ0v) is 9.97. The lowest BCUT2D eigenvalue weighted by molar-refractivity contribution is -0.166. The second-order valence-electron chi connectivity index (χ2n) is 3.55. The van der Waals surface area contributed by atoms with Gasteiger partial charge in [0.1, 0.15) is 0 Å². The first-order valence-electron chi connectivity index (χ1n) is 5.24. The van der Waals surface area contributed by atoms with Crippen LogP contribution in [0.3, 0.4) is 0 Å². The predicted octanol–water partition coefficient (Wildman–Crippen LogP) is -0.409. The van der Waals surface area contributed by atoms with Crippen molar-refractivity contribution in [3.8, 4) is 0 Å². The monoisotopic (exact) mass is 258 g/mol. The average Bonchev–Trinajstić information content (AvgIpc) is 2.72. The number of esters is 3. The molecular weight excluding hydrogens is 244 g/mol. The van der Waals surface area contributed by atoms with Gasteiger partial charge in [0.25, 0.3) is 0 Å². The van der Waals surface area contributed by atoms with Crippen LogP contribution >= 0.6 is 0 Å². The van der Waals surface area contributed by atoms with Crippen molar-refractivity contribution >= 4 is 17.9 Å². The van der Waals surface area contributed by atoms with Crippen molar-refractivity contribution < 1.29 is 33.3 Å². The summed E-state index contributed by atoms with van der Waals surface area (Å²) in [6.07, 6.45) is -0.590. The number of carbonyl (C=O) groups excluding carboxylic acids is 3. The van der Waals surface area contributed by atoms with Crippen LogP contribution in [0.1, 0.15) is 6.42 Å². The van der Waals surface area contributed by atoms with E-state index < -0.39 is 30.6 Å². The van der Waals surface area contributed by atoms with Gasteiger partial charge in [-0.15, -0.1) is 0 Å². The molecular formula is C11H14O7. The third-order valence-corrected chi connectivity index (χ3v) is 2.09. The lowest BCUT2D eigenvalue weighted by Crippen LogP contribution is -2.26. The molecule has 0 bridgehead atoms. The maximum absolute atomic E-state index is 11.3. The van der Waals surface area contributed by atoms with Crippen molar-refractivity contribution in [1.82, 2.24) is 0 Å². The second kappa shape index (κ2) is 6.75. The highest BCUT2D eigenvalue weighted by molar-refractivity contribution is 5.89. The Morgan fingerprint density at radius 2 is 2.17 bits per heavy atom. The molecule has 0 aromatic carbocycles. The van der Waals surface area contributed by atoms with E-state index in [1.807, 2.05) is 0 Å². The molecule has 0 aromatic heterocycles. The number of carbonyl (C=O) groups is 3. The smallest absolute Gasteiger partial charge is 0.347 e. The lowest BCUT2D eigenvalue weighted by Gasteiger charge is -2.09. The Morgan fingerprint density at radius 1 is 1.44 bits per heavy atom. The summed E-state index contributed by atoms with van der Waals surface area (Å²) in [5, 5.41) is 0. The number of hydrogen-bond donors (Lipinski definition) is 0. The first-order chi connectivity index (χ1) is 8.54. The number of ether oxygens (including phenoxy) is 4. The van der Waals surface area contributed by atoms with Gasteiger partial charge in [0.05, 0.1) is 18.8 Å². The van der Waals surface area contributed by atoms with Gasteiger partial charge in [0.2, 0.25) is 6.10 Å². The van der Waals surface area contributed by atoms with Crippen LogP contribution in [0.5, 0.6) is 0 Å². The van der Waals surface area contributed by atoms with E-state index in [-0.39, 0.29) is 18.8 Å². The molecule has 100 valence electrons. The summed E-state index contributed by atoms with van der Waals surface area (Å²) in [6.45, 7) is 3.07. The van der Waals surface area contributed by atoms with Crippen LogP contribution in [0, 0.1) is 0 Å². The van der Waals surface area contributed by atoms with Gasteiger partial charge in [0, 0.05) is 13.5 Å². The molecule has 1 atom stereocenters. The Kier molecular flexibility index (Phi) is 5.31. The fourth-order valence-electron chi connectivity index (χ4n) is 1.24. The molecule has 0 radical (unpaired) electrons. The van der Waals surface area contributed by atoms with E-state index in [1.54, 1.807) is 0 Å². The highest BCUT2D eigenvalue weighted by Crippen LogP contribution is 2.10. The Morgan fingerprint density at radius 3 is 2.72 bits per heavy atom. The summed E-state index contributed by atoms with van der Waals surface area (Å²) < 4.78 is 18.7. The predicted molar refractivity (Wildman–Crippen MR) is 57.4 cm³/mol. The first kappa shape index (κ1) is 14.2. The Labute approximate surface area is 104 Å². The van der Waals surface area contributed by atoms with Gasteiger partial charge in [-0.1, -0.05) is 6.58 Å². The molecule has 1 fully saturated rings. The van der Waals surface area contributed by atoms with Gasteiger partial charge in [-0.3, -0.25) is 0 Å². The molecule has 1 heterocycles. The van der Waals surface area contributed by atoms with Crippen molar-refractivity contribution in [2.75, 3.05) is 26.9 Å². The number of cyclic esters (lactones) is 1. The van der Waals surface area contributed by atoms with E-state index in [2.05, 4.69) is 20.8 Å². The minimum Gasteiger partial charge on any atom is -0.463 e. The van der Waals surface area contributed by atoms with Crippen molar-refractivity contribution in [2.24, 2.45) is 0 Å². The molecule has 7 nitrogen and oxygen atoms in total. The van der Waals surface area contributed by atoms with Crippen LogP contribution in [0.25, 0.3) is 0 Å². The highest BCUT2D eigenvalue weighted by atomic mass is 16.6. The van der Waals surface area contributed by atoms with Crippen LogP contribution in [0.4, 0.5) is 0 Å². The maximum atomic E-state index is 11.3. The fourth-order valence-corrected chi connectivity index (χ4v) is 1.24. The van der Waals surface area contributed by atoms with Crippen molar-refractivity contribution in [1.29, 1.82) is 0 Å². The zero-order valence-electron chi connectivity index (χ0n) is 9.97. The minimum atomic E-state index is -0.904. The summed E-state index contributed by atoms with van der Waals surface area (Å²) in [5.41, 5.74) is 0.0885. The molecule has 7 heteroatoms. The number of rotatable bonds is 6.